The number of benzene rings is 1. The molecule has 0 fully saturated rings. The molecule has 1 aliphatic heterocycles. The number of nitrogens with one attached hydrogen (secondary N) is 2. The second kappa shape index (κ2) is 4.42. The van der Waals surface area contributed by atoms with Crippen molar-refractivity contribution < 1.29 is 4.74 Å². The van der Waals surface area contributed by atoms with E-state index in [1.165, 1.54) is 0 Å². The van der Waals surface area contributed by atoms with Crippen LogP contribution >= 0.6 is 12.2 Å². The summed E-state index contributed by atoms with van der Waals surface area (Å²) < 4.78 is 6.14. The van der Waals surface area contributed by atoms with Crippen LogP contribution in [-0.2, 0) is 6.42 Å². The first kappa shape index (κ1) is 11.2. The van der Waals surface area contributed by atoms with E-state index in [0.717, 1.165) is 12.0 Å². The van der Waals surface area contributed by atoms with E-state index in [0.29, 0.717) is 22.6 Å². The van der Waals surface area contributed by atoms with E-state index < -0.39 is 0 Å². The zero-order valence-corrected chi connectivity index (χ0v) is 10.4. The van der Waals surface area contributed by atoms with Gasteiger partial charge in [-0.2, -0.15) is 0 Å². The van der Waals surface area contributed by atoms with Crippen LogP contribution in [0.3, 0.4) is 0 Å². The molecule has 1 aromatic heterocycles. The van der Waals surface area contributed by atoms with Crippen LogP contribution in [0.2, 0.25) is 0 Å². The van der Waals surface area contributed by atoms with Crippen LogP contribution in [0.15, 0.2) is 35.1 Å². The number of aromatic amines is 2. The molecule has 1 aliphatic rings. The monoisotopic (exact) mass is 260 g/mol. The molecule has 0 saturated carbocycles. The van der Waals surface area contributed by atoms with Crippen LogP contribution in [0.25, 0.3) is 0 Å². The standard InChI is InChI=1S/C13H12N2O2S/c16-11-9-6-7-10(8-4-2-1-3-5-8)17-12(9)15-13(18)14-11/h1-5,10H,6-7H2,(H2,14,15,16,18)/t10-/m0/s1. The molecule has 5 heteroatoms. The fourth-order valence-electron chi connectivity index (χ4n) is 2.20. The number of hydrogen-bond acceptors (Lipinski definition) is 3. The molecule has 0 spiro atoms. The summed E-state index contributed by atoms with van der Waals surface area (Å²) in [4.78, 5) is 17.2. The van der Waals surface area contributed by atoms with Crippen molar-refractivity contribution >= 4 is 12.2 Å². The van der Waals surface area contributed by atoms with Gasteiger partial charge in [0.2, 0.25) is 5.88 Å². The Morgan fingerprint density at radius 2 is 2.00 bits per heavy atom. The van der Waals surface area contributed by atoms with Gasteiger partial charge in [0.25, 0.3) is 5.56 Å². The molecule has 4 nitrogen and oxygen atoms in total. The number of fused-ring (bicyclic) bond motifs is 1. The topological polar surface area (TPSA) is 57.9 Å². The molecule has 1 atom stereocenters. The Bertz CT molecular complexity index is 675. The Morgan fingerprint density at radius 1 is 1.22 bits per heavy atom. The van der Waals surface area contributed by atoms with E-state index in [-0.39, 0.29) is 11.7 Å². The summed E-state index contributed by atoms with van der Waals surface area (Å²) >= 11 is 4.95. The zero-order chi connectivity index (χ0) is 12.5. The number of H-pyrrole nitrogens is 2. The fourth-order valence-corrected chi connectivity index (χ4v) is 2.38. The van der Waals surface area contributed by atoms with Crippen LogP contribution in [0.5, 0.6) is 5.88 Å². The van der Waals surface area contributed by atoms with Crippen molar-refractivity contribution in [1.82, 2.24) is 9.97 Å². The van der Waals surface area contributed by atoms with Crippen molar-refractivity contribution in [2.45, 2.75) is 18.9 Å². The second-order valence-corrected chi connectivity index (χ2v) is 4.68. The van der Waals surface area contributed by atoms with Crippen molar-refractivity contribution in [2.75, 3.05) is 0 Å². The Kier molecular flexibility index (Phi) is 2.76. The van der Waals surface area contributed by atoms with E-state index in [4.69, 9.17) is 17.0 Å². The predicted molar refractivity (Wildman–Crippen MR) is 70.4 cm³/mol. The molecule has 2 N–H and O–H groups in total. The summed E-state index contributed by atoms with van der Waals surface area (Å²) in [5.41, 5.74) is 1.61. The highest BCUT2D eigenvalue weighted by Gasteiger charge is 2.23. The van der Waals surface area contributed by atoms with Gasteiger partial charge in [0.05, 0.1) is 5.56 Å². The predicted octanol–water partition coefficient (Wildman–Crippen LogP) is 2.50. The summed E-state index contributed by atoms with van der Waals surface area (Å²) in [6, 6.07) is 9.98. The Labute approximate surface area is 109 Å². The first-order valence-corrected chi connectivity index (χ1v) is 6.22. The van der Waals surface area contributed by atoms with Crippen molar-refractivity contribution in [3.63, 3.8) is 0 Å². The molecule has 0 aliphatic carbocycles. The second-order valence-electron chi connectivity index (χ2n) is 4.27. The van der Waals surface area contributed by atoms with Crippen molar-refractivity contribution in [2.24, 2.45) is 0 Å². The van der Waals surface area contributed by atoms with E-state index in [1.54, 1.807) is 0 Å². The molecule has 1 aromatic carbocycles. The maximum Gasteiger partial charge on any atom is 0.258 e. The van der Waals surface area contributed by atoms with Crippen molar-refractivity contribution in [1.29, 1.82) is 0 Å². The third-order valence-electron chi connectivity index (χ3n) is 3.09. The average Bonchev–Trinajstić information content (AvgIpc) is 2.39. The maximum atomic E-state index is 11.7. The smallest absolute Gasteiger partial charge is 0.258 e. The SMILES string of the molecule is O=c1[nH]c(=S)[nH]c2c1CC[C@@H](c1ccccc1)O2. The minimum atomic E-state index is -0.153. The molecular weight excluding hydrogens is 248 g/mol. The Hall–Kier alpha value is -1.88. The third kappa shape index (κ3) is 1.97. The van der Waals surface area contributed by atoms with E-state index >= 15 is 0 Å². The summed E-state index contributed by atoms with van der Waals surface area (Å²) in [5, 5.41) is 0. The summed E-state index contributed by atoms with van der Waals surface area (Å²) in [6.45, 7) is 0. The lowest BCUT2D eigenvalue weighted by molar-refractivity contribution is 0.166. The third-order valence-corrected chi connectivity index (χ3v) is 3.29. The molecule has 2 heterocycles. The largest absolute Gasteiger partial charge is 0.470 e. The lowest BCUT2D eigenvalue weighted by Crippen LogP contribution is -2.24. The average molecular weight is 260 g/mol. The van der Waals surface area contributed by atoms with Crippen LogP contribution in [0, 0.1) is 4.77 Å². The van der Waals surface area contributed by atoms with Crippen LogP contribution in [0.1, 0.15) is 23.7 Å². The molecule has 0 radical (unpaired) electrons. The molecule has 3 rings (SSSR count). The van der Waals surface area contributed by atoms with Crippen molar-refractivity contribution in [3.05, 3.63) is 56.6 Å². The highest BCUT2D eigenvalue weighted by molar-refractivity contribution is 7.71. The molecule has 0 unspecified atom stereocenters. The molecule has 2 aromatic rings. The van der Waals surface area contributed by atoms with Gasteiger partial charge >= 0.3 is 0 Å². The lowest BCUT2D eigenvalue weighted by atomic mass is 10.00. The minimum Gasteiger partial charge on any atom is -0.470 e. The van der Waals surface area contributed by atoms with E-state index in [2.05, 4.69) is 9.97 Å². The summed E-state index contributed by atoms with van der Waals surface area (Å²) in [6.07, 6.45) is 1.47. The summed E-state index contributed by atoms with van der Waals surface area (Å²) in [5.74, 6) is 0.504. The Balaban J connectivity index is 1.99. The summed E-state index contributed by atoms with van der Waals surface area (Å²) in [7, 11) is 0. The van der Waals surface area contributed by atoms with Gasteiger partial charge in [0, 0.05) is 0 Å². The highest BCUT2D eigenvalue weighted by Crippen LogP contribution is 2.31. The van der Waals surface area contributed by atoms with Crippen LogP contribution in [-0.4, -0.2) is 9.97 Å². The quantitative estimate of drug-likeness (QED) is 0.774. The first-order chi connectivity index (χ1) is 8.74. The fraction of sp³-hybridized carbons (Fsp3) is 0.231. The van der Waals surface area contributed by atoms with Gasteiger partial charge in [-0.25, -0.2) is 0 Å². The number of hydrogen-bond donors (Lipinski definition) is 2. The molecule has 92 valence electrons. The molecule has 0 bridgehead atoms. The van der Waals surface area contributed by atoms with Gasteiger partial charge in [-0.3, -0.25) is 9.78 Å². The number of rotatable bonds is 1. The van der Waals surface area contributed by atoms with Crippen molar-refractivity contribution in [3.8, 4) is 5.88 Å². The lowest BCUT2D eigenvalue weighted by Gasteiger charge is -2.25. The van der Waals surface area contributed by atoms with Gasteiger partial charge in [-0.05, 0) is 30.6 Å². The van der Waals surface area contributed by atoms with Gasteiger partial charge in [0.1, 0.15) is 6.10 Å². The van der Waals surface area contributed by atoms with E-state index in [1.807, 2.05) is 30.3 Å². The molecule has 0 amide bonds. The Morgan fingerprint density at radius 3 is 2.78 bits per heavy atom. The van der Waals surface area contributed by atoms with E-state index in [9.17, 15) is 4.79 Å². The van der Waals surface area contributed by atoms with Gasteiger partial charge in [-0.1, -0.05) is 30.3 Å². The van der Waals surface area contributed by atoms with Gasteiger partial charge in [-0.15, -0.1) is 0 Å². The highest BCUT2D eigenvalue weighted by atomic mass is 32.1. The van der Waals surface area contributed by atoms with Gasteiger partial charge in [0.15, 0.2) is 4.77 Å². The molecule has 18 heavy (non-hydrogen) atoms. The number of ether oxygens (including phenoxy) is 1. The van der Waals surface area contributed by atoms with Crippen LogP contribution < -0.4 is 10.3 Å². The molecule has 0 saturated heterocycles. The zero-order valence-electron chi connectivity index (χ0n) is 9.60. The maximum absolute atomic E-state index is 11.7. The first-order valence-electron chi connectivity index (χ1n) is 5.81. The molecular formula is C13H12N2O2S. The van der Waals surface area contributed by atoms with Gasteiger partial charge < -0.3 is 9.72 Å². The van der Waals surface area contributed by atoms with Crippen LogP contribution in [0.4, 0.5) is 0 Å². The normalized spacial score (nSPS) is 17.9. The minimum absolute atomic E-state index is 0.0221. The number of aromatic nitrogens is 2.